The highest BCUT2D eigenvalue weighted by Crippen LogP contribution is 2.25. The molecule has 100 valence electrons. The Morgan fingerprint density at radius 1 is 1.53 bits per heavy atom. The Labute approximate surface area is 104 Å². The average molecular weight is 242 g/mol. The largest absolute Gasteiger partial charge is 0.382 e. The van der Waals surface area contributed by atoms with Crippen LogP contribution in [0.3, 0.4) is 0 Å². The van der Waals surface area contributed by atoms with Crippen molar-refractivity contribution in [3.8, 4) is 0 Å². The van der Waals surface area contributed by atoms with Gasteiger partial charge in [0.15, 0.2) is 0 Å². The fraction of sp³-hybridized carbons (Fsp3) is 0.917. The molecule has 0 bridgehead atoms. The zero-order valence-corrected chi connectivity index (χ0v) is 11.3. The Balaban J connectivity index is 2.46. The predicted molar refractivity (Wildman–Crippen MR) is 70.7 cm³/mol. The van der Waals surface area contributed by atoms with Crippen molar-refractivity contribution >= 4 is 5.96 Å². The van der Waals surface area contributed by atoms with Gasteiger partial charge in [0.1, 0.15) is 0 Å². The summed E-state index contributed by atoms with van der Waals surface area (Å²) in [6.07, 6.45) is 5.38. The monoisotopic (exact) mass is 242 g/mol. The van der Waals surface area contributed by atoms with E-state index in [0.717, 1.165) is 18.4 Å². The van der Waals surface area contributed by atoms with Crippen molar-refractivity contribution < 1.29 is 4.74 Å². The summed E-state index contributed by atoms with van der Waals surface area (Å²) in [4.78, 5) is 6.62. The van der Waals surface area contributed by atoms with Crippen LogP contribution in [-0.2, 0) is 4.74 Å². The summed E-state index contributed by atoms with van der Waals surface area (Å²) in [5.41, 5.74) is 2.69. The van der Waals surface area contributed by atoms with Gasteiger partial charge in [-0.15, -0.1) is 0 Å². The lowest BCUT2D eigenvalue weighted by Crippen LogP contribution is -2.45. The van der Waals surface area contributed by atoms with E-state index in [1.807, 2.05) is 14.0 Å². The molecule has 1 aliphatic carbocycles. The normalized spacial score (nSPS) is 19.4. The molecule has 5 heteroatoms. The number of nitrogens with one attached hydrogen (secondary N) is 1. The number of hydrogen-bond donors (Lipinski definition) is 2. The van der Waals surface area contributed by atoms with E-state index < -0.39 is 0 Å². The van der Waals surface area contributed by atoms with Crippen LogP contribution in [0.15, 0.2) is 4.99 Å². The highest BCUT2D eigenvalue weighted by molar-refractivity contribution is 5.79. The van der Waals surface area contributed by atoms with Crippen molar-refractivity contribution in [1.82, 2.24) is 10.3 Å². The van der Waals surface area contributed by atoms with Crippen molar-refractivity contribution in [2.75, 3.05) is 27.3 Å². The first-order valence-corrected chi connectivity index (χ1v) is 6.41. The Hall–Kier alpha value is -0.810. The summed E-state index contributed by atoms with van der Waals surface area (Å²) in [5, 5.41) is 0. The third-order valence-electron chi connectivity index (χ3n) is 3.25. The van der Waals surface area contributed by atoms with E-state index in [0.29, 0.717) is 6.61 Å². The molecule has 17 heavy (non-hydrogen) atoms. The minimum atomic E-state index is 0.122. The minimum absolute atomic E-state index is 0.122. The molecule has 1 aliphatic rings. The second-order valence-electron chi connectivity index (χ2n) is 4.93. The topological polar surface area (TPSA) is 62.9 Å². The maximum Gasteiger partial charge on any atom is 0.208 e. The standard InChI is InChI=1S/C12H26N4O/c1-10(9-17-3)14-12(15-13)16(2)8-11-6-4-5-7-11/h10-11H,4-9,13H2,1-3H3,(H,14,15). The number of hydrazine groups is 1. The fourth-order valence-electron chi connectivity index (χ4n) is 2.40. The fourth-order valence-corrected chi connectivity index (χ4v) is 2.40. The summed E-state index contributed by atoms with van der Waals surface area (Å²) in [7, 11) is 3.72. The maximum absolute atomic E-state index is 5.53. The van der Waals surface area contributed by atoms with Gasteiger partial charge in [-0.1, -0.05) is 12.8 Å². The second kappa shape index (κ2) is 7.50. The third kappa shape index (κ3) is 4.91. The van der Waals surface area contributed by atoms with Crippen LogP contribution in [-0.4, -0.2) is 44.2 Å². The van der Waals surface area contributed by atoms with Gasteiger partial charge in [-0.25, -0.2) is 10.8 Å². The van der Waals surface area contributed by atoms with E-state index in [2.05, 4.69) is 15.3 Å². The molecule has 0 saturated heterocycles. The van der Waals surface area contributed by atoms with Gasteiger partial charge in [-0.2, -0.15) is 0 Å². The van der Waals surface area contributed by atoms with Gasteiger partial charge in [0, 0.05) is 20.7 Å². The summed E-state index contributed by atoms with van der Waals surface area (Å²) in [5.74, 6) is 7.07. The molecule has 1 saturated carbocycles. The van der Waals surface area contributed by atoms with E-state index >= 15 is 0 Å². The molecule has 0 heterocycles. The molecule has 0 aromatic heterocycles. The smallest absolute Gasteiger partial charge is 0.208 e. The highest BCUT2D eigenvalue weighted by atomic mass is 16.5. The van der Waals surface area contributed by atoms with Gasteiger partial charge in [-0.3, -0.25) is 5.43 Å². The van der Waals surface area contributed by atoms with Crippen LogP contribution >= 0.6 is 0 Å². The molecule has 5 nitrogen and oxygen atoms in total. The SMILES string of the molecule is COCC(C)N=C(NN)N(C)CC1CCCC1. The van der Waals surface area contributed by atoms with Gasteiger partial charge in [-0.05, 0) is 25.7 Å². The Morgan fingerprint density at radius 3 is 2.71 bits per heavy atom. The molecule has 0 aliphatic heterocycles. The first-order valence-electron chi connectivity index (χ1n) is 6.41. The number of ether oxygens (including phenoxy) is 1. The summed E-state index contributed by atoms with van der Waals surface area (Å²) < 4.78 is 5.07. The Morgan fingerprint density at radius 2 is 2.18 bits per heavy atom. The van der Waals surface area contributed by atoms with Crippen LogP contribution in [0, 0.1) is 5.92 Å². The van der Waals surface area contributed by atoms with Crippen LogP contribution in [0.2, 0.25) is 0 Å². The van der Waals surface area contributed by atoms with Crippen LogP contribution in [0.4, 0.5) is 0 Å². The molecular weight excluding hydrogens is 216 g/mol. The number of methoxy groups -OCH3 is 1. The predicted octanol–water partition coefficient (Wildman–Crippen LogP) is 0.963. The first-order chi connectivity index (χ1) is 8.17. The molecule has 1 atom stereocenters. The van der Waals surface area contributed by atoms with Crippen molar-refractivity contribution in [3.05, 3.63) is 0 Å². The van der Waals surface area contributed by atoms with Crippen molar-refractivity contribution in [3.63, 3.8) is 0 Å². The van der Waals surface area contributed by atoms with Crippen molar-refractivity contribution in [1.29, 1.82) is 0 Å². The first kappa shape index (κ1) is 14.3. The quantitative estimate of drug-likeness (QED) is 0.326. The Bertz CT molecular complexity index is 239. The molecule has 0 aromatic rings. The third-order valence-corrected chi connectivity index (χ3v) is 3.25. The lowest BCUT2D eigenvalue weighted by Gasteiger charge is -2.24. The number of guanidine groups is 1. The number of hydrogen-bond acceptors (Lipinski definition) is 3. The molecule has 0 amide bonds. The van der Waals surface area contributed by atoms with Gasteiger partial charge in [0.2, 0.25) is 5.96 Å². The van der Waals surface area contributed by atoms with Crippen LogP contribution < -0.4 is 11.3 Å². The number of nitrogens with zero attached hydrogens (tertiary/aromatic N) is 2. The molecule has 0 spiro atoms. The molecule has 3 N–H and O–H groups in total. The van der Waals surface area contributed by atoms with Crippen LogP contribution in [0.1, 0.15) is 32.6 Å². The second-order valence-corrected chi connectivity index (χ2v) is 4.93. The van der Waals surface area contributed by atoms with E-state index in [-0.39, 0.29) is 6.04 Å². The lowest BCUT2D eigenvalue weighted by atomic mass is 10.1. The van der Waals surface area contributed by atoms with Gasteiger partial charge in [0.25, 0.3) is 0 Å². The van der Waals surface area contributed by atoms with E-state index in [1.54, 1.807) is 7.11 Å². The zero-order valence-electron chi connectivity index (χ0n) is 11.3. The van der Waals surface area contributed by atoms with Crippen LogP contribution in [0.25, 0.3) is 0 Å². The molecule has 0 aromatic carbocycles. The molecule has 1 rings (SSSR count). The highest BCUT2D eigenvalue weighted by Gasteiger charge is 2.18. The van der Waals surface area contributed by atoms with Crippen molar-refractivity contribution in [2.45, 2.75) is 38.6 Å². The van der Waals surface area contributed by atoms with E-state index in [4.69, 9.17) is 10.6 Å². The van der Waals surface area contributed by atoms with Gasteiger partial charge in [0.05, 0.1) is 12.6 Å². The Kier molecular flexibility index (Phi) is 6.29. The molecule has 0 radical (unpaired) electrons. The number of rotatable bonds is 5. The molecule has 1 fully saturated rings. The van der Waals surface area contributed by atoms with E-state index in [9.17, 15) is 0 Å². The molecule has 1 unspecified atom stereocenters. The van der Waals surface area contributed by atoms with Crippen molar-refractivity contribution in [2.24, 2.45) is 16.8 Å². The number of nitrogens with two attached hydrogens (primary N) is 1. The summed E-state index contributed by atoms with van der Waals surface area (Å²) >= 11 is 0. The summed E-state index contributed by atoms with van der Waals surface area (Å²) in [6.45, 7) is 3.66. The van der Waals surface area contributed by atoms with E-state index in [1.165, 1.54) is 25.7 Å². The molecular formula is C12H26N4O. The summed E-state index contributed by atoms with van der Waals surface area (Å²) in [6, 6.07) is 0.122. The number of aliphatic imine (C=N–C) groups is 1. The lowest BCUT2D eigenvalue weighted by molar-refractivity contribution is 0.185. The zero-order chi connectivity index (χ0) is 12.7. The van der Waals surface area contributed by atoms with Gasteiger partial charge < -0.3 is 9.64 Å². The van der Waals surface area contributed by atoms with Gasteiger partial charge >= 0.3 is 0 Å². The van der Waals surface area contributed by atoms with Crippen LogP contribution in [0.5, 0.6) is 0 Å². The average Bonchev–Trinajstić information content (AvgIpc) is 2.78. The maximum atomic E-state index is 5.53. The minimum Gasteiger partial charge on any atom is -0.382 e.